The van der Waals surface area contributed by atoms with E-state index in [0.29, 0.717) is 43.9 Å². The molecule has 2 amide bonds. The average Bonchev–Trinajstić information content (AvgIpc) is 2.80. The molecule has 7 nitrogen and oxygen atoms in total. The van der Waals surface area contributed by atoms with Crippen LogP contribution in [-0.2, 0) is 22.3 Å². The van der Waals surface area contributed by atoms with Crippen LogP contribution in [0.2, 0.25) is 5.02 Å². The van der Waals surface area contributed by atoms with Crippen LogP contribution in [0.3, 0.4) is 0 Å². The normalized spacial score (nSPS) is 22.1. The van der Waals surface area contributed by atoms with Crippen LogP contribution in [0.5, 0.6) is 5.75 Å². The highest BCUT2D eigenvalue weighted by molar-refractivity contribution is 6.34. The molecule has 4 rings (SSSR count). The number of alkyl halides is 3. The molecule has 11 heteroatoms. The fourth-order valence-electron chi connectivity index (χ4n) is 4.87. The van der Waals surface area contributed by atoms with Gasteiger partial charge in [-0.1, -0.05) is 29.8 Å². The van der Waals surface area contributed by atoms with Gasteiger partial charge in [-0.25, -0.2) is 0 Å². The topological polar surface area (TPSA) is 79.9 Å². The zero-order valence-corrected chi connectivity index (χ0v) is 20.6. The number of hydrogen-bond acceptors (Lipinski definition) is 5. The Kier molecular flexibility index (Phi) is 7.77. The molecule has 2 aliphatic heterocycles. The van der Waals surface area contributed by atoms with Crippen molar-refractivity contribution in [2.45, 2.75) is 50.6 Å². The van der Waals surface area contributed by atoms with Gasteiger partial charge in [-0.15, -0.1) is 0 Å². The van der Waals surface area contributed by atoms with Crippen molar-refractivity contribution in [2.24, 2.45) is 0 Å². The second kappa shape index (κ2) is 10.7. The molecule has 2 heterocycles. The van der Waals surface area contributed by atoms with Gasteiger partial charge in [0.15, 0.2) is 0 Å². The summed E-state index contributed by atoms with van der Waals surface area (Å²) in [5.74, 6) is -0.397. The standard InChI is InChI=1S/C25H27ClF3N3O4/c1-14(33)30-22-10-23(35-2)20(9-21(22)26)24(34)31-17-7-18-12-36-13-19(8-17)32(18)11-15-4-3-5-16(6-15)25(27,28)29/h3-6,9-10,17-19H,7-8,11-13H2,1-2H3,(H,30,33)(H,31,34). The minimum Gasteiger partial charge on any atom is -0.496 e. The lowest BCUT2D eigenvalue weighted by molar-refractivity contribution is -0.137. The number of rotatable bonds is 6. The molecule has 2 N–H and O–H groups in total. The van der Waals surface area contributed by atoms with Gasteiger partial charge in [-0.3, -0.25) is 14.5 Å². The molecule has 194 valence electrons. The Morgan fingerprint density at radius 2 is 1.86 bits per heavy atom. The highest BCUT2D eigenvalue weighted by Crippen LogP contribution is 2.34. The van der Waals surface area contributed by atoms with E-state index in [9.17, 15) is 22.8 Å². The summed E-state index contributed by atoms with van der Waals surface area (Å²) in [7, 11) is 1.42. The number of carbonyl (C=O) groups is 2. The first-order chi connectivity index (χ1) is 17.0. The Bertz CT molecular complexity index is 1130. The van der Waals surface area contributed by atoms with E-state index >= 15 is 0 Å². The minimum absolute atomic E-state index is 0.0510. The number of benzene rings is 2. The zero-order valence-electron chi connectivity index (χ0n) is 19.8. The van der Waals surface area contributed by atoms with E-state index in [1.165, 1.54) is 38.3 Å². The first-order valence-corrected chi connectivity index (χ1v) is 11.9. The Morgan fingerprint density at radius 3 is 2.47 bits per heavy atom. The smallest absolute Gasteiger partial charge is 0.416 e. The van der Waals surface area contributed by atoms with Crippen LogP contribution in [0.4, 0.5) is 18.9 Å². The summed E-state index contributed by atoms with van der Waals surface area (Å²) < 4.78 is 50.5. The maximum atomic E-state index is 13.1. The highest BCUT2D eigenvalue weighted by atomic mass is 35.5. The summed E-state index contributed by atoms with van der Waals surface area (Å²) >= 11 is 6.26. The summed E-state index contributed by atoms with van der Waals surface area (Å²) in [4.78, 5) is 26.7. The van der Waals surface area contributed by atoms with Crippen LogP contribution < -0.4 is 15.4 Å². The number of piperidine rings is 1. The number of halogens is 4. The van der Waals surface area contributed by atoms with Gasteiger partial charge in [0.2, 0.25) is 5.91 Å². The molecule has 2 atom stereocenters. The molecule has 2 fully saturated rings. The molecule has 2 aromatic rings. The Balaban J connectivity index is 1.46. The number of nitrogens with zero attached hydrogens (tertiary/aromatic N) is 1. The number of ether oxygens (including phenoxy) is 2. The SMILES string of the molecule is COc1cc(NC(C)=O)c(Cl)cc1C(=O)NC1CC2COCC(C1)N2Cc1cccc(C(F)(F)F)c1. The van der Waals surface area contributed by atoms with Gasteiger partial charge in [0.05, 0.1) is 42.2 Å². The maximum absolute atomic E-state index is 13.1. The number of hydrogen-bond donors (Lipinski definition) is 2. The third kappa shape index (κ3) is 5.93. The van der Waals surface area contributed by atoms with E-state index < -0.39 is 11.7 Å². The molecule has 2 aromatic carbocycles. The molecule has 0 saturated carbocycles. The van der Waals surface area contributed by atoms with Gasteiger partial charge < -0.3 is 20.1 Å². The summed E-state index contributed by atoms with van der Waals surface area (Å²) in [5, 5.41) is 5.84. The minimum atomic E-state index is -4.39. The fourth-order valence-corrected chi connectivity index (χ4v) is 5.08. The Morgan fingerprint density at radius 1 is 1.17 bits per heavy atom. The summed E-state index contributed by atoms with van der Waals surface area (Å²) in [6, 6.07) is 8.06. The number of morpholine rings is 1. The Hall–Kier alpha value is -2.82. The summed E-state index contributed by atoms with van der Waals surface area (Å²) in [6.07, 6.45) is -3.22. The molecular formula is C25H27ClF3N3O4. The number of amides is 2. The van der Waals surface area contributed by atoms with Gasteiger partial charge in [0.1, 0.15) is 5.75 Å². The van der Waals surface area contributed by atoms with Crippen molar-refractivity contribution in [3.8, 4) is 5.75 Å². The van der Waals surface area contributed by atoms with Gasteiger partial charge in [0.25, 0.3) is 5.91 Å². The van der Waals surface area contributed by atoms with E-state index in [-0.39, 0.29) is 46.3 Å². The molecule has 2 bridgehead atoms. The first-order valence-electron chi connectivity index (χ1n) is 11.5. The third-order valence-electron chi connectivity index (χ3n) is 6.47. The van der Waals surface area contributed by atoms with Gasteiger partial charge in [-0.2, -0.15) is 13.2 Å². The lowest BCUT2D eigenvalue weighted by Gasteiger charge is -2.48. The van der Waals surface area contributed by atoms with E-state index in [4.69, 9.17) is 21.1 Å². The predicted octanol–water partition coefficient (Wildman–Crippen LogP) is 4.49. The lowest BCUT2D eigenvalue weighted by Crippen LogP contribution is -2.60. The monoisotopic (exact) mass is 525 g/mol. The molecule has 0 radical (unpaired) electrons. The number of nitrogens with one attached hydrogen (secondary N) is 2. The third-order valence-corrected chi connectivity index (χ3v) is 6.78. The van der Waals surface area contributed by atoms with Gasteiger partial charge in [0, 0.05) is 37.7 Å². The van der Waals surface area contributed by atoms with E-state index in [2.05, 4.69) is 15.5 Å². The summed E-state index contributed by atoms with van der Waals surface area (Å²) in [5.41, 5.74) is 0.500. The van der Waals surface area contributed by atoms with Crippen molar-refractivity contribution in [3.05, 3.63) is 58.1 Å². The van der Waals surface area contributed by atoms with Crippen LogP contribution in [0.25, 0.3) is 0 Å². The van der Waals surface area contributed by atoms with Crippen molar-refractivity contribution >= 4 is 29.1 Å². The zero-order chi connectivity index (χ0) is 26.0. The second-order valence-corrected chi connectivity index (χ2v) is 9.48. The van der Waals surface area contributed by atoms with E-state index in [1.54, 1.807) is 6.07 Å². The molecule has 0 aliphatic carbocycles. The quantitative estimate of drug-likeness (QED) is 0.581. The van der Waals surface area contributed by atoms with Crippen LogP contribution in [0.1, 0.15) is 41.3 Å². The number of anilines is 1. The first kappa shape index (κ1) is 26.2. The molecule has 36 heavy (non-hydrogen) atoms. The van der Waals surface area contributed by atoms with Crippen LogP contribution in [0, 0.1) is 0 Å². The largest absolute Gasteiger partial charge is 0.496 e. The summed E-state index contributed by atoms with van der Waals surface area (Å²) in [6.45, 7) is 2.59. The molecule has 2 aliphatic rings. The predicted molar refractivity (Wildman–Crippen MR) is 128 cm³/mol. The fraction of sp³-hybridized carbons (Fsp3) is 0.440. The maximum Gasteiger partial charge on any atom is 0.416 e. The van der Waals surface area contributed by atoms with Crippen molar-refractivity contribution in [3.63, 3.8) is 0 Å². The molecule has 0 aromatic heterocycles. The number of carbonyl (C=O) groups excluding carboxylic acids is 2. The average molecular weight is 526 g/mol. The van der Waals surface area contributed by atoms with Crippen LogP contribution in [-0.4, -0.2) is 55.2 Å². The Labute approximate surface area is 211 Å². The van der Waals surface area contributed by atoms with Crippen molar-refractivity contribution in [1.82, 2.24) is 10.2 Å². The molecule has 0 spiro atoms. The van der Waals surface area contributed by atoms with Crippen molar-refractivity contribution in [2.75, 3.05) is 25.6 Å². The molecule has 2 saturated heterocycles. The van der Waals surface area contributed by atoms with Gasteiger partial charge >= 0.3 is 6.18 Å². The second-order valence-electron chi connectivity index (χ2n) is 9.07. The number of fused-ring (bicyclic) bond motifs is 2. The number of methoxy groups -OCH3 is 1. The van der Waals surface area contributed by atoms with E-state index in [0.717, 1.165) is 6.07 Å². The van der Waals surface area contributed by atoms with Crippen LogP contribution >= 0.6 is 11.6 Å². The lowest BCUT2D eigenvalue weighted by atomic mass is 9.89. The molecular weight excluding hydrogens is 499 g/mol. The molecule has 2 unspecified atom stereocenters. The van der Waals surface area contributed by atoms with Gasteiger partial charge in [-0.05, 0) is 30.5 Å². The van der Waals surface area contributed by atoms with E-state index in [1.807, 2.05) is 0 Å². The highest BCUT2D eigenvalue weighted by Gasteiger charge is 2.40. The van der Waals surface area contributed by atoms with Crippen LogP contribution in [0.15, 0.2) is 36.4 Å². The van der Waals surface area contributed by atoms with Crippen molar-refractivity contribution in [1.29, 1.82) is 0 Å². The van der Waals surface area contributed by atoms with Crippen molar-refractivity contribution < 1.29 is 32.2 Å².